The number of guanidine groups is 1. The summed E-state index contributed by atoms with van der Waals surface area (Å²) < 4.78 is 10.7. The van der Waals surface area contributed by atoms with Crippen molar-refractivity contribution < 1.29 is 9.15 Å². The van der Waals surface area contributed by atoms with Gasteiger partial charge in [0, 0.05) is 26.4 Å². The third-order valence-corrected chi connectivity index (χ3v) is 3.35. The van der Waals surface area contributed by atoms with E-state index in [4.69, 9.17) is 9.15 Å². The highest BCUT2D eigenvalue weighted by atomic mass is 127. The highest BCUT2D eigenvalue weighted by Gasteiger charge is 2.01. The van der Waals surface area contributed by atoms with Crippen LogP contribution in [0.5, 0.6) is 0 Å². The van der Waals surface area contributed by atoms with Crippen LogP contribution in [0, 0.1) is 6.92 Å². The maximum Gasteiger partial charge on any atom is 0.191 e. The molecular formula is C17H25IN4O2. The molecule has 0 saturated heterocycles. The first-order valence-electron chi connectivity index (χ1n) is 7.74. The number of pyridine rings is 1. The van der Waals surface area contributed by atoms with Crippen molar-refractivity contribution in [3.05, 3.63) is 53.7 Å². The molecule has 0 spiro atoms. The van der Waals surface area contributed by atoms with Crippen LogP contribution in [0.25, 0.3) is 0 Å². The van der Waals surface area contributed by atoms with Crippen LogP contribution in [0.15, 0.2) is 46.1 Å². The van der Waals surface area contributed by atoms with E-state index < -0.39 is 0 Å². The largest absolute Gasteiger partial charge is 0.467 e. The van der Waals surface area contributed by atoms with E-state index in [1.807, 2.05) is 18.2 Å². The summed E-state index contributed by atoms with van der Waals surface area (Å²) in [6.07, 6.45) is 4.35. The van der Waals surface area contributed by atoms with Gasteiger partial charge in [0.25, 0.3) is 0 Å². The summed E-state index contributed by atoms with van der Waals surface area (Å²) in [6.45, 7) is 4.68. The summed E-state index contributed by atoms with van der Waals surface area (Å²) in [5.74, 6) is 1.61. The number of ether oxygens (including phenoxy) is 1. The topological polar surface area (TPSA) is 71.7 Å². The molecule has 0 amide bonds. The molecule has 2 rings (SSSR count). The van der Waals surface area contributed by atoms with Gasteiger partial charge < -0.3 is 19.8 Å². The first-order chi connectivity index (χ1) is 11.3. The van der Waals surface area contributed by atoms with E-state index in [2.05, 4.69) is 33.6 Å². The van der Waals surface area contributed by atoms with Crippen molar-refractivity contribution in [2.45, 2.75) is 26.5 Å². The van der Waals surface area contributed by atoms with Crippen LogP contribution in [0.2, 0.25) is 0 Å². The Morgan fingerprint density at radius 3 is 2.88 bits per heavy atom. The second kappa shape index (κ2) is 11.9. The molecule has 0 unspecified atom stereocenters. The Morgan fingerprint density at radius 1 is 1.29 bits per heavy atom. The van der Waals surface area contributed by atoms with Gasteiger partial charge in [-0.05, 0) is 37.1 Å². The predicted octanol–water partition coefficient (Wildman–Crippen LogP) is 2.87. The van der Waals surface area contributed by atoms with Crippen LogP contribution in [0.1, 0.15) is 23.4 Å². The molecule has 0 aromatic carbocycles. The molecule has 2 heterocycles. The fourth-order valence-corrected chi connectivity index (χ4v) is 2.04. The highest BCUT2D eigenvalue weighted by Crippen LogP contribution is 2.02. The van der Waals surface area contributed by atoms with E-state index in [-0.39, 0.29) is 24.0 Å². The Morgan fingerprint density at radius 2 is 2.17 bits per heavy atom. The van der Waals surface area contributed by atoms with Crippen molar-refractivity contribution in [1.82, 2.24) is 15.6 Å². The van der Waals surface area contributed by atoms with Gasteiger partial charge in [-0.15, -0.1) is 24.0 Å². The molecule has 0 fully saturated rings. The monoisotopic (exact) mass is 444 g/mol. The van der Waals surface area contributed by atoms with Gasteiger partial charge in [0.05, 0.1) is 18.5 Å². The van der Waals surface area contributed by atoms with E-state index >= 15 is 0 Å². The fourth-order valence-electron chi connectivity index (χ4n) is 2.04. The Labute approximate surface area is 160 Å². The van der Waals surface area contributed by atoms with Crippen LogP contribution in [0.4, 0.5) is 0 Å². The third kappa shape index (κ3) is 7.31. The van der Waals surface area contributed by atoms with Gasteiger partial charge >= 0.3 is 0 Å². The summed E-state index contributed by atoms with van der Waals surface area (Å²) in [7, 11) is 1.76. The molecule has 2 aromatic heterocycles. The number of aryl methyl sites for hydroxylation is 1. The minimum atomic E-state index is 0. The van der Waals surface area contributed by atoms with Gasteiger partial charge in [0.1, 0.15) is 12.4 Å². The zero-order chi connectivity index (χ0) is 16.3. The second-order valence-corrected chi connectivity index (χ2v) is 5.11. The van der Waals surface area contributed by atoms with Crippen molar-refractivity contribution in [3.63, 3.8) is 0 Å². The van der Waals surface area contributed by atoms with E-state index in [0.717, 1.165) is 30.4 Å². The van der Waals surface area contributed by atoms with Crippen LogP contribution in [0.3, 0.4) is 0 Å². The molecule has 0 bridgehead atoms. The molecule has 7 heteroatoms. The number of halogens is 1. The van der Waals surface area contributed by atoms with Gasteiger partial charge in [-0.2, -0.15) is 0 Å². The number of furan rings is 1. The summed E-state index contributed by atoms with van der Waals surface area (Å²) in [5, 5.41) is 6.52. The number of rotatable bonds is 8. The Kier molecular flexibility index (Phi) is 10.1. The highest BCUT2D eigenvalue weighted by molar-refractivity contribution is 14.0. The number of aromatic nitrogens is 1. The normalized spacial score (nSPS) is 11.0. The number of hydrogen-bond donors (Lipinski definition) is 2. The third-order valence-electron chi connectivity index (χ3n) is 3.35. The first kappa shape index (κ1) is 20.4. The van der Waals surface area contributed by atoms with Crippen LogP contribution in [-0.4, -0.2) is 31.1 Å². The van der Waals surface area contributed by atoms with Crippen molar-refractivity contribution >= 4 is 29.9 Å². The number of hydrogen-bond acceptors (Lipinski definition) is 4. The molecule has 2 N–H and O–H groups in total. The standard InChI is InChI=1S/C17H24N4O2.HI/c1-14-6-3-8-19-16(14)12-21-17(18-2)20-9-5-10-22-13-15-7-4-11-23-15;/h3-4,6-8,11H,5,9-10,12-13H2,1-2H3,(H2,18,20,21);1H. The first-order valence-corrected chi connectivity index (χ1v) is 7.74. The van der Waals surface area contributed by atoms with Crippen molar-refractivity contribution in [1.29, 1.82) is 0 Å². The lowest BCUT2D eigenvalue weighted by molar-refractivity contribution is 0.105. The van der Waals surface area contributed by atoms with Gasteiger partial charge in [0.2, 0.25) is 0 Å². The molecule has 0 aliphatic rings. The average molecular weight is 444 g/mol. The molecule has 6 nitrogen and oxygen atoms in total. The predicted molar refractivity (Wildman–Crippen MR) is 106 cm³/mol. The summed E-state index contributed by atoms with van der Waals surface area (Å²) in [5.41, 5.74) is 2.19. The van der Waals surface area contributed by atoms with Crippen molar-refractivity contribution in [2.24, 2.45) is 4.99 Å². The quantitative estimate of drug-likeness (QED) is 0.284. The number of nitrogens with one attached hydrogen (secondary N) is 2. The van der Waals surface area contributed by atoms with E-state index in [1.54, 1.807) is 19.5 Å². The summed E-state index contributed by atoms with van der Waals surface area (Å²) in [6, 6.07) is 7.76. The second-order valence-electron chi connectivity index (χ2n) is 5.11. The summed E-state index contributed by atoms with van der Waals surface area (Å²) in [4.78, 5) is 8.56. The SMILES string of the molecule is CN=C(NCCCOCc1ccco1)NCc1ncccc1C.I. The Bertz CT molecular complexity index is 602. The van der Waals surface area contributed by atoms with Crippen molar-refractivity contribution in [2.75, 3.05) is 20.2 Å². The lowest BCUT2D eigenvalue weighted by Crippen LogP contribution is -2.37. The zero-order valence-electron chi connectivity index (χ0n) is 14.1. The maximum absolute atomic E-state index is 5.53. The molecule has 0 atom stereocenters. The van der Waals surface area contributed by atoms with E-state index in [1.165, 1.54) is 5.56 Å². The lowest BCUT2D eigenvalue weighted by atomic mass is 10.2. The van der Waals surface area contributed by atoms with E-state index in [9.17, 15) is 0 Å². The Hall–Kier alpha value is -1.61. The average Bonchev–Trinajstić information content (AvgIpc) is 3.08. The van der Waals surface area contributed by atoms with Gasteiger partial charge in [-0.3, -0.25) is 9.98 Å². The van der Waals surface area contributed by atoms with Crippen LogP contribution < -0.4 is 10.6 Å². The van der Waals surface area contributed by atoms with Crippen LogP contribution >= 0.6 is 24.0 Å². The number of nitrogens with zero attached hydrogens (tertiary/aromatic N) is 2. The minimum Gasteiger partial charge on any atom is -0.467 e. The molecule has 0 aliphatic carbocycles. The van der Waals surface area contributed by atoms with Crippen LogP contribution in [-0.2, 0) is 17.9 Å². The van der Waals surface area contributed by atoms with E-state index in [0.29, 0.717) is 19.8 Å². The smallest absolute Gasteiger partial charge is 0.191 e. The number of aliphatic imine (C=N–C) groups is 1. The van der Waals surface area contributed by atoms with Crippen molar-refractivity contribution in [3.8, 4) is 0 Å². The lowest BCUT2D eigenvalue weighted by Gasteiger charge is -2.12. The maximum atomic E-state index is 5.53. The zero-order valence-corrected chi connectivity index (χ0v) is 16.4. The Balaban J connectivity index is 0.00000288. The molecular weight excluding hydrogens is 419 g/mol. The molecule has 132 valence electrons. The molecule has 0 aliphatic heterocycles. The minimum absolute atomic E-state index is 0. The fraction of sp³-hybridized carbons (Fsp3) is 0.412. The molecule has 0 radical (unpaired) electrons. The molecule has 0 saturated carbocycles. The van der Waals surface area contributed by atoms with Gasteiger partial charge in [0.15, 0.2) is 5.96 Å². The van der Waals surface area contributed by atoms with Gasteiger partial charge in [-0.25, -0.2) is 0 Å². The summed E-state index contributed by atoms with van der Waals surface area (Å²) >= 11 is 0. The molecule has 2 aromatic rings. The molecule has 24 heavy (non-hydrogen) atoms. The van der Waals surface area contributed by atoms with Gasteiger partial charge in [-0.1, -0.05) is 6.07 Å².